The van der Waals surface area contributed by atoms with E-state index in [1.165, 1.54) is 5.38 Å². The lowest BCUT2D eigenvalue weighted by Crippen LogP contribution is -2.44. The lowest BCUT2D eigenvalue weighted by Gasteiger charge is -2.36. The van der Waals surface area contributed by atoms with Gasteiger partial charge in [-0.3, -0.25) is 4.79 Å². The molecule has 1 aromatic rings. The van der Waals surface area contributed by atoms with Crippen molar-refractivity contribution in [2.24, 2.45) is 5.92 Å². The smallest absolute Gasteiger partial charge is 0.358 e. The van der Waals surface area contributed by atoms with Crippen LogP contribution >= 0.6 is 11.3 Å². The quantitative estimate of drug-likeness (QED) is 0.218. The Kier molecular flexibility index (Phi) is 14.2. The zero-order valence-corrected chi connectivity index (χ0v) is 24.0. The van der Waals surface area contributed by atoms with E-state index >= 15 is 0 Å². The summed E-state index contributed by atoms with van der Waals surface area (Å²) in [5.74, 6) is -1.11. The predicted octanol–water partition coefficient (Wildman–Crippen LogP) is 5.69. The second-order valence-corrected chi connectivity index (χ2v) is 11.4. The fourth-order valence-corrected chi connectivity index (χ4v) is 4.63. The zero-order chi connectivity index (χ0) is 27.3. The van der Waals surface area contributed by atoms with Crippen molar-refractivity contribution in [3.63, 3.8) is 0 Å². The number of aliphatic hydroxyl groups excluding tert-OH is 1. The van der Waals surface area contributed by atoms with E-state index in [0.29, 0.717) is 24.4 Å². The minimum Gasteiger partial charge on any atom is -0.457 e. The molecule has 8 nitrogen and oxygen atoms in total. The highest BCUT2D eigenvalue weighted by Gasteiger charge is 2.30. The highest BCUT2D eigenvalue weighted by Crippen LogP contribution is 2.28. The number of rotatable bonds is 16. The summed E-state index contributed by atoms with van der Waals surface area (Å²) in [4.78, 5) is 43.4. The largest absolute Gasteiger partial charge is 0.457 e. The maximum Gasteiger partial charge on any atom is 0.358 e. The van der Waals surface area contributed by atoms with Gasteiger partial charge in [0, 0.05) is 30.8 Å². The lowest BCUT2D eigenvalue weighted by molar-refractivity contribution is -0.158. The van der Waals surface area contributed by atoms with Gasteiger partial charge in [-0.2, -0.15) is 0 Å². The standard InChI is InChI=1S/C27H46N2O6S/c1-8-10-12-13-15-29(23(31)14-11-9-2)21(19(3)4)16-22(30)25-28-20(18-36-25)26(33)34-17-24(32)35-27(5,6)7/h18-19,21-22,30H,8-17H2,1-7H3. The van der Waals surface area contributed by atoms with Crippen LogP contribution in [0.3, 0.4) is 0 Å². The second-order valence-electron chi connectivity index (χ2n) is 10.5. The number of carbonyl (C=O) groups excluding carboxylic acids is 3. The average molecular weight is 527 g/mol. The maximum atomic E-state index is 13.1. The Bertz CT molecular complexity index is 817. The van der Waals surface area contributed by atoms with Crippen molar-refractivity contribution in [3.05, 3.63) is 16.1 Å². The second kappa shape index (κ2) is 16.0. The first-order valence-electron chi connectivity index (χ1n) is 13.2. The number of hydrogen-bond acceptors (Lipinski definition) is 8. The molecular formula is C27H46N2O6S. The monoisotopic (exact) mass is 526 g/mol. The third-order valence-electron chi connectivity index (χ3n) is 5.71. The molecule has 2 atom stereocenters. The SMILES string of the molecule is CCCCCCN(C(=O)CCCC)C(CC(O)c1nc(C(=O)OCC(=O)OC(C)(C)C)cs1)C(C)C. The summed E-state index contributed by atoms with van der Waals surface area (Å²) >= 11 is 1.16. The van der Waals surface area contributed by atoms with E-state index in [1.807, 2.05) is 4.90 Å². The van der Waals surface area contributed by atoms with Crippen LogP contribution in [0.25, 0.3) is 0 Å². The van der Waals surface area contributed by atoms with E-state index in [4.69, 9.17) is 9.47 Å². The van der Waals surface area contributed by atoms with Crippen molar-refractivity contribution in [3.8, 4) is 0 Å². The predicted molar refractivity (Wildman–Crippen MR) is 142 cm³/mol. The molecule has 0 saturated carbocycles. The average Bonchev–Trinajstić information content (AvgIpc) is 3.29. The number of nitrogens with zero attached hydrogens (tertiary/aromatic N) is 2. The van der Waals surface area contributed by atoms with Crippen molar-refractivity contribution in [2.75, 3.05) is 13.2 Å². The Hall–Kier alpha value is -2.00. The van der Waals surface area contributed by atoms with Gasteiger partial charge >= 0.3 is 11.9 Å². The van der Waals surface area contributed by atoms with E-state index < -0.39 is 30.3 Å². The molecule has 1 aromatic heterocycles. The van der Waals surface area contributed by atoms with Gasteiger partial charge in [0.25, 0.3) is 0 Å². The van der Waals surface area contributed by atoms with Gasteiger partial charge in [0.05, 0.1) is 0 Å². The third-order valence-corrected chi connectivity index (χ3v) is 6.65. The number of aromatic nitrogens is 1. The Balaban J connectivity index is 2.86. The highest BCUT2D eigenvalue weighted by atomic mass is 32.1. The first kappa shape index (κ1) is 32.0. The van der Waals surface area contributed by atoms with E-state index in [-0.39, 0.29) is 23.6 Å². The molecule has 36 heavy (non-hydrogen) atoms. The molecule has 0 saturated heterocycles. The lowest BCUT2D eigenvalue weighted by atomic mass is 9.95. The van der Waals surface area contributed by atoms with Gasteiger partial charge in [-0.1, -0.05) is 53.4 Å². The van der Waals surface area contributed by atoms with E-state index in [9.17, 15) is 19.5 Å². The van der Waals surface area contributed by atoms with Crippen LogP contribution in [0.1, 0.15) is 121 Å². The van der Waals surface area contributed by atoms with Gasteiger partial charge in [-0.25, -0.2) is 14.6 Å². The molecule has 0 bridgehead atoms. The first-order valence-corrected chi connectivity index (χ1v) is 14.1. The van der Waals surface area contributed by atoms with Gasteiger partial charge in [-0.05, 0) is 39.5 Å². The van der Waals surface area contributed by atoms with Crippen molar-refractivity contribution in [1.82, 2.24) is 9.88 Å². The highest BCUT2D eigenvalue weighted by molar-refractivity contribution is 7.09. The fraction of sp³-hybridized carbons (Fsp3) is 0.778. The molecule has 1 heterocycles. The molecule has 0 aliphatic heterocycles. The van der Waals surface area contributed by atoms with Crippen LogP contribution in [0.15, 0.2) is 5.38 Å². The number of aliphatic hydroxyl groups is 1. The number of ether oxygens (including phenoxy) is 2. The topological polar surface area (TPSA) is 106 Å². The molecule has 0 fully saturated rings. The number of hydrogen-bond donors (Lipinski definition) is 1. The maximum absolute atomic E-state index is 13.1. The number of unbranched alkanes of at least 4 members (excludes halogenated alkanes) is 4. The summed E-state index contributed by atoms with van der Waals surface area (Å²) in [7, 11) is 0. The summed E-state index contributed by atoms with van der Waals surface area (Å²) in [6.07, 6.45) is 6.00. The van der Waals surface area contributed by atoms with Crippen molar-refractivity contribution < 1.29 is 29.0 Å². The minimum absolute atomic E-state index is 0.0362. The molecule has 2 unspecified atom stereocenters. The molecule has 9 heteroatoms. The number of carbonyl (C=O) groups is 3. The minimum atomic E-state index is -0.924. The molecule has 206 valence electrons. The molecule has 1 N–H and O–H groups in total. The van der Waals surface area contributed by atoms with E-state index in [0.717, 1.165) is 49.9 Å². The Labute approximate surface area is 220 Å². The summed E-state index contributed by atoms with van der Waals surface area (Å²) in [6.45, 7) is 13.7. The van der Waals surface area contributed by atoms with Gasteiger partial charge < -0.3 is 19.5 Å². The van der Waals surface area contributed by atoms with Crippen LogP contribution in [0.4, 0.5) is 0 Å². The van der Waals surface area contributed by atoms with Gasteiger partial charge in [0.2, 0.25) is 5.91 Å². The summed E-state index contributed by atoms with van der Waals surface area (Å²) in [6, 6.07) is -0.141. The van der Waals surface area contributed by atoms with E-state index in [1.54, 1.807) is 20.8 Å². The van der Waals surface area contributed by atoms with Crippen molar-refractivity contribution in [1.29, 1.82) is 0 Å². The summed E-state index contributed by atoms with van der Waals surface area (Å²) in [5, 5.41) is 12.9. The number of amides is 1. The van der Waals surface area contributed by atoms with Crippen LogP contribution in [-0.2, 0) is 19.1 Å². The van der Waals surface area contributed by atoms with E-state index in [2.05, 4.69) is 32.7 Å². The Morgan fingerprint density at radius 3 is 2.33 bits per heavy atom. The number of thiazole rings is 1. The van der Waals surface area contributed by atoms with Crippen LogP contribution in [0.2, 0.25) is 0 Å². The van der Waals surface area contributed by atoms with Gasteiger partial charge in [0.15, 0.2) is 12.3 Å². The van der Waals surface area contributed by atoms with Gasteiger partial charge in [0.1, 0.15) is 16.7 Å². The fourth-order valence-electron chi connectivity index (χ4n) is 3.85. The molecule has 1 amide bonds. The van der Waals surface area contributed by atoms with Crippen LogP contribution in [0.5, 0.6) is 0 Å². The zero-order valence-electron chi connectivity index (χ0n) is 23.2. The molecule has 0 aliphatic carbocycles. The molecule has 0 spiro atoms. The molecule has 1 rings (SSSR count). The normalized spacial score (nSPS) is 13.4. The molecule has 0 aromatic carbocycles. The summed E-state index contributed by atoms with van der Waals surface area (Å²) in [5.41, 5.74) is -0.634. The van der Waals surface area contributed by atoms with Crippen LogP contribution in [0, 0.1) is 5.92 Å². The van der Waals surface area contributed by atoms with Crippen LogP contribution in [-0.4, -0.2) is 57.6 Å². The molecular weight excluding hydrogens is 480 g/mol. The van der Waals surface area contributed by atoms with Crippen LogP contribution < -0.4 is 0 Å². The molecule has 0 aliphatic rings. The third kappa shape index (κ3) is 11.8. The van der Waals surface area contributed by atoms with Crippen molar-refractivity contribution in [2.45, 2.75) is 118 Å². The Morgan fingerprint density at radius 2 is 1.75 bits per heavy atom. The molecule has 0 radical (unpaired) electrons. The number of esters is 2. The summed E-state index contributed by atoms with van der Waals surface area (Å²) < 4.78 is 10.2. The first-order chi connectivity index (χ1) is 16.9. The van der Waals surface area contributed by atoms with Gasteiger partial charge in [-0.15, -0.1) is 11.3 Å². The Morgan fingerprint density at radius 1 is 1.08 bits per heavy atom. The van der Waals surface area contributed by atoms with Crippen molar-refractivity contribution >= 4 is 29.2 Å².